The fourth-order valence-corrected chi connectivity index (χ4v) is 11.6. The van der Waals surface area contributed by atoms with Gasteiger partial charge in [-0.05, 0) is 83.5 Å². The molecule has 0 rings (SSSR count). The zero-order chi connectivity index (χ0) is 58.5. The van der Waals surface area contributed by atoms with E-state index in [2.05, 4.69) is 55.6 Å². The van der Waals surface area contributed by atoms with Crippen LogP contribution in [0.3, 0.4) is 0 Å². The zero-order valence-electron chi connectivity index (χ0n) is 54.8. The van der Waals surface area contributed by atoms with Crippen LogP contribution in [-0.4, -0.2) is 47.4 Å². The minimum absolute atomic E-state index is 0.00934. The summed E-state index contributed by atoms with van der Waals surface area (Å²) in [6, 6.07) is -0.548. The van der Waals surface area contributed by atoms with Gasteiger partial charge in [-0.1, -0.05) is 346 Å². The molecule has 6 heteroatoms. The molecule has 0 aromatic rings. The summed E-state index contributed by atoms with van der Waals surface area (Å²) < 4.78 is 5.50. The fraction of sp³-hybridized carbons (Fsp3) is 0.893. The van der Waals surface area contributed by atoms with Crippen molar-refractivity contribution >= 4 is 11.9 Å². The van der Waals surface area contributed by atoms with E-state index in [9.17, 15) is 19.8 Å². The highest BCUT2D eigenvalue weighted by Gasteiger charge is 2.20. The van der Waals surface area contributed by atoms with E-state index < -0.39 is 12.1 Å². The summed E-state index contributed by atoms with van der Waals surface area (Å²) in [5.74, 6) is -0.0280. The molecule has 0 aromatic carbocycles. The van der Waals surface area contributed by atoms with E-state index in [4.69, 9.17) is 4.74 Å². The number of ether oxygens (including phenoxy) is 1. The third kappa shape index (κ3) is 67.1. The summed E-state index contributed by atoms with van der Waals surface area (Å²) >= 11 is 0. The second kappa shape index (κ2) is 70.6. The third-order valence-electron chi connectivity index (χ3n) is 17.2. The molecule has 0 aromatic heterocycles. The highest BCUT2D eigenvalue weighted by atomic mass is 16.5. The summed E-state index contributed by atoms with van der Waals surface area (Å²) in [7, 11) is 0. The van der Waals surface area contributed by atoms with Gasteiger partial charge in [0.25, 0.3) is 0 Å². The van der Waals surface area contributed by atoms with E-state index in [1.807, 2.05) is 0 Å². The lowest BCUT2D eigenvalue weighted by Gasteiger charge is -2.22. The molecule has 0 bridgehead atoms. The fourth-order valence-electron chi connectivity index (χ4n) is 11.6. The molecule has 2 unspecified atom stereocenters. The van der Waals surface area contributed by atoms with Gasteiger partial charge in [-0.15, -0.1) is 0 Å². The van der Waals surface area contributed by atoms with Crippen LogP contribution in [0.5, 0.6) is 0 Å². The second-order valence-electron chi connectivity index (χ2n) is 25.3. The monoisotopic (exact) mass is 1140 g/mol. The van der Waals surface area contributed by atoms with Crippen molar-refractivity contribution < 1.29 is 24.5 Å². The van der Waals surface area contributed by atoms with Crippen molar-refractivity contribution in [1.82, 2.24) is 5.32 Å². The molecule has 1 amide bonds. The van der Waals surface area contributed by atoms with E-state index in [1.54, 1.807) is 0 Å². The molecule has 0 spiro atoms. The van der Waals surface area contributed by atoms with E-state index >= 15 is 0 Å². The lowest BCUT2D eigenvalue weighted by Crippen LogP contribution is -2.45. The minimum atomic E-state index is -0.670. The lowest BCUT2D eigenvalue weighted by atomic mass is 10.0. The Kier molecular flexibility index (Phi) is 68.9. The maximum atomic E-state index is 12.5. The van der Waals surface area contributed by atoms with Crippen LogP contribution in [0.4, 0.5) is 0 Å². The predicted molar refractivity (Wildman–Crippen MR) is 356 cm³/mol. The Bertz CT molecular complexity index is 1310. The third-order valence-corrected chi connectivity index (χ3v) is 17.2. The SMILES string of the molecule is CCCCCCCC/C=C\CCCCCCCCCCCC(=O)OCCCCCCCCCCC/C=C\C/C=C\CCCCCCCCCCCC(=O)NC(CO)C(O)CCCCCCCCCCCCCCCCCCCCCC. The summed E-state index contributed by atoms with van der Waals surface area (Å²) in [5.41, 5.74) is 0. The Hall–Kier alpha value is -1.92. The van der Waals surface area contributed by atoms with Crippen LogP contribution >= 0.6 is 0 Å². The number of carbonyl (C=O) groups is 2. The van der Waals surface area contributed by atoms with Crippen molar-refractivity contribution in [2.24, 2.45) is 0 Å². The minimum Gasteiger partial charge on any atom is -0.466 e. The topological polar surface area (TPSA) is 95.9 Å². The van der Waals surface area contributed by atoms with E-state index in [0.717, 1.165) is 51.4 Å². The van der Waals surface area contributed by atoms with Crippen LogP contribution in [0.2, 0.25) is 0 Å². The highest BCUT2D eigenvalue weighted by molar-refractivity contribution is 5.76. The van der Waals surface area contributed by atoms with E-state index in [1.165, 1.54) is 321 Å². The van der Waals surface area contributed by atoms with Crippen molar-refractivity contribution in [3.8, 4) is 0 Å². The first-order valence-corrected chi connectivity index (χ1v) is 36.7. The van der Waals surface area contributed by atoms with Crippen molar-refractivity contribution in [2.45, 2.75) is 418 Å². The second-order valence-corrected chi connectivity index (χ2v) is 25.3. The van der Waals surface area contributed by atoms with E-state index in [-0.39, 0.29) is 18.5 Å². The smallest absolute Gasteiger partial charge is 0.305 e. The normalized spacial score (nSPS) is 12.7. The number of nitrogens with one attached hydrogen (secondary N) is 1. The molecule has 478 valence electrons. The Balaban J connectivity index is 3.42. The van der Waals surface area contributed by atoms with Gasteiger partial charge in [0.1, 0.15) is 0 Å². The average Bonchev–Trinajstić information content (AvgIpc) is 3.47. The van der Waals surface area contributed by atoms with Crippen molar-refractivity contribution in [3.05, 3.63) is 36.5 Å². The van der Waals surface area contributed by atoms with Crippen molar-refractivity contribution in [3.63, 3.8) is 0 Å². The predicted octanol–water partition coefficient (Wildman–Crippen LogP) is 23.9. The quantitative estimate of drug-likeness (QED) is 0.0320. The highest BCUT2D eigenvalue weighted by Crippen LogP contribution is 2.19. The van der Waals surface area contributed by atoms with Crippen LogP contribution in [0.15, 0.2) is 36.5 Å². The first kappa shape index (κ1) is 79.1. The summed E-state index contributed by atoms with van der Waals surface area (Å²) in [4.78, 5) is 24.7. The molecule has 0 aliphatic rings. The van der Waals surface area contributed by atoms with E-state index in [0.29, 0.717) is 25.9 Å². The molecule has 0 saturated carbocycles. The Morgan fingerprint density at radius 1 is 0.346 bits per heavy atom. The van der Waals surface area contributed by atoms with Gasteiger partial charge in [-0.3, -0.25) is 9.59 Å². The Morgan fingerprint density at radius 2 is 0.617 bits per heavy atom. The standard InChI is InChI=1S/C75H143NO5/c1-3-5-7-9-11-13-15-17-19-21-23-32-35-39-43-47-51-55-59-63-67-73(78)72(71-77)76-74(79)68-64-60-56-52-48-44-40-36-33-29-27-25-24-26-28-30-34-38-42-46-50-54-58-62-66-70-81-75(80)69-65-61-57-53-49-45-41-37-31-22-20-18-16-14-12-10-8-6-4-2/h18,20,25-28,72-73,77-78H,3-17,19,21-24,29-71H2,1-2H3,(H,76,79)/b20-18-,27-25-,28-26-. The van der Waals surface area contributed by atoms with Gasteiger partial charge in [0.05, 0.1) is 25.4 Å². The summed E-state index contributed by atoms with van der Waals surface area (Å²) in [5, 5.41) is 23.4. The van der Waals surface area contributed by atoms with Gasteiger partial charge in [-0.2, -0.15) is 0 Å². The molecule has 3 N–H and O–H groups in total. The van der Waals surface area contributed by atoms with Crippen LogP contribution in [-0.2, 0) is 14.3 Å². The number of unbranched alkanes of at least 4 members (excludes halogenated alkanes) is 52. The number of hydrogen-bond acceptors (Lipinski definition) is 5. The molecular weight excluding hydrogens is 995 g/mol. The number of aliphatic hydroxyl groups is 2. The molecule has 0 heterocycles. The molecule has 0 aliphatic carbocycles. The molecule has 0 radical (unpaired) electrons. The van der Waals surface area contributed by atoms with Crippen LogP contribution in [0, 0.1) is 0 Å². The first-order valence-electron chi connectivity index (χ1n) is 36.7. The Labute approximate surface area is 506 Å². The van der Waals surface area contributed by atoms with Crippen LogP contribution in [0.1, 0.15) is 406 Å². The largest absolute Gasteiger partial charge is 0.466 e. The van der Waals surface area contributed by atoms with Gasteiger partial charge in [0.2, 0.25) is 5.91 Å². The number of amides is 1. The molecule has 0 saturated heterocycles. The molecule has 0 aliphatic heterocycles. The first-order chi connectivity index (χ1) is 40.0. The maximum absolute atomic E-state index is 12.5. The average molecular weight is 1140 g/mol. The zero-order valence-corrected chi connectivity index (χ0v) is 54.8. The number of allylic oxidation sites excluding steroid dienone is 6. The van der Waals surface area contributed by atoms with Gasteiger partial charge < -0.3 is 20.3 Å². The van der Waals surface area contributed by atoms with Gasteiger partial charge >= 0.3 is 5.97 Å². The maximum Gasteiger partial charge on any atom is 0.305 e. The van der Waals surface area contributed by atoms with Gasteiger partial charge in [0, 0.05) is 12.8 Å². The molecule has 81 heavy (non-hydrogen) atoms. The number of hydrogen-bond donors (Lipinski definition) is 3. The number of aliphatic hydroxyl groups excluding tert-OH is 2. The van der Waals surface area contributed by atoms with Gasteiger partial charge in [0.15, 0.2) is 0 Å². The summed E-state index contributed by atoms with van der Waals surface area (Å²) in [6.07, 6.45) is 90.5. The van der Waals surface area contributed by atoms with Crippen LogP contribution < -0.4 is 5.32 Å². The summed E-state index contributed by atoms with van der Waals surface area (Å²) in [6.45, 7) is 4.98. The van der Waals surface area contributed by atoms with Crippen molar-refractivity contribution in [1.29, 1.82) is 0 Å². The molecular formula is C75H143NO5. The molecule has 2 atom stereocenters. The number of rotatable bonds is 69. The molecule has 6 nitrogen and oxygen atoms in total. The number of esters is 1. The lowest BCUT2D eigenvalue weighted by molar-refractivity contribution is -0.143. The van der Waals surface area contributed by atoms with Gasteiger partial charge in [-0.25, -0.2) is 0 Å². The van der Waals surface area contributed by atoms with Crippen LogP contribution in [0.25, 0.3) is 0 Å². The Morgan fingerprint density at radius 3 is 0.951 bits per heavy atom. The van der Waals surface area contributed by atoms with Crippen molar-refractivity contribution in [2.75, 3.05) is 13.2 Å². The molecule has 0 fully saturated rings. The number of carbonyl (C=O) groups excluding carboxylic acids is 2.